The number of amides is 1. The van der Waals surface area contributed by atoms with E-state index in [9.17, 15) is 18.0 Å². The summed E-state index contributed by atoms with van der Waals surface area (Å²) < 4.78 is 40.1. The maximum Gasteiger partial charge on any atom is 0.573 e. The summed E-state index contributed by atoms with van der Waals surface area (Å²) in [5.41, 5.74) is 1.07. The number of nitrogens with one attached hydrogen (secondary N) is 2. The Hall–Kier alpha value is -2.86. The highest BCUT2D eigenvalue weighted by Gasteiger charge is 2.30. The Morgan fingerprint density at radius 1 is 1.15 bits per heavy atom. The topological polar surface area (TPSA) is 74.2 Å². The van der Waals surface area contributed by atoms with Crippen LogP contribution in [0.4, 0.5) is 24.5 Å². The maximum absolute atomic E-state index is 12.1. The second-order valence-electron chi connectivity index (χ2n) is 4.92. The molecule has 0 spiro atoms. The van der Waals surface area contributed by atoms with Gasteiger partial charge in [0.2, 0.25) is 5.91 Å². The van der Waals surface area contributed by atoms with Gasteiger partial charge < -0.3 is 15.4 Å². The van der Waals surface area contributed by atoms with Crippen molar-refractivity contribution in [2.75, 3.05) is 22.9 Å². The van der Waals surface area contributed by atoms with Crippen LogP contribution in [0.15, 0.2) is 53.4 Å². The van der Waals surface area contributed by atoms with Crippen molar-refractivity contribution in [3.05, 3.63) is 48.5 Å². The molecule has 9 heteroatoms. The summed E-state index contributed by atoms with van der Waals surface area (Å²) in [7, 11) is 0. The summed E-state index contributed by atoms with van der Waals surface area (Å²) in [4.78, 5) is 12.8. The summed E-state index contributed by atoms with van der Waals surface area (Å²) in [6.45, 7) is -0.0727. The third-order valence-corrected chi connectivity index (χ3v) is 3.93. The molecule has 2 aromatic rings. The van der Waals surface area contributed by atoms with Gasteiger partial charge in [-0.05, 0) is 36.4 Å². The number of benzene rings is 2. The fourth-order valence-corrected chi connectivity index (χ4v) is 2.63. The average molecular weight is 381 g/mol. The first kappa shape index (κ1) is 19.5. The summed E-state index contributed by atoms with van der Waals surface area (Å²) in [6.07, 6.45) is -4.74. The number of rotatable bonds is 7. The maximum atomic E-state index is 12.1. The fourth-order valence-electron chi connectivity index (χ4n) is 1.96. The standard InChI is InChI=1S/C17H14F3N3O2S/c18-17(19,20)25-13-7-5-12(6-8-13)22-11-16(24)23-14-3-1-2-4-15(14)26-10-9-21/h1-8,22H,10-11H2,(H,23,24). The second kappa shape index (κ2) is 9.01. The molecular weight excluding hydrogens is 367 g/mol. The third kappa shape index (κ3) is 6.57. The van der Waals surface area contributed by atoms with Gasteiger partial charge in [0, 0.05) is 10.6 Å². The zero-order valence-corrected chi connectivity index (χ0v) is 14.2. The Bertz CT molecular complexity index is 789. The molecule has 2 aromatic carbocycles. The first-order valence-electron chi connectivity index (χ1n) is 7.36. The molecule has 0 aliphatic heterocycles. The normalized spacial score (nSPS) is 10.7. The predicted octanol–water partition coefficient (Wildman–Crippen LogP) is 4.25. The third-order valence-electron chi connectivity index (χ3n) is 2.99. The minimum absolute atomic E-state index is 0.0727. The van der Waals surface area contributed by atoms with Crippen molar-refractivity contribution in [2.24, 2.45) is 0 Å². The molecule has 26 heavy (non-hydrogen) atoms. The van der Waals surface area contributed by atoms with Crippen molar-refractivity contribution >= 4 is 29.0 Å². The number of nitrogens with zero attached hydrogens (tertiary/aromatic N) is 1. The Morgan fingerprint density at radius 3 is 2.50 bits per heavy atom. The first-order chi connectivity index (χ1) is 12.4. The van der Waals surface area contributed by atoms with Crippen LogP contribution < -0.4 is 15.4 Å². The van der Waals surface area contributed by atoms with Gasteiger partial charge >= 0.3 is 6.36 Å². The van der Waals surface area contributed by atoms with Gasteiger partial charge in [0.1, 0.15) is 5.75 Å². The molecule has 136 valence electrons. The summed E-state index contributed by atoms with van der Waals surface area (Å²) in [5, 5.41) is 14.2. The number of thioether (sulfide) groups is 1. The molecule has 0 bridgehead atoms. The van der Waals surface area contributed by atoms with Crippen LogP contribution in [0.2, 0.25) is 0 Å². The molecule has 5 nitrogen and oxygen atoms in total. The van der Waals surface area contributed by atoms with Gasteiger partial charge in [-0.15, -0.1) is 24.9 Å². The molecule has 0 heterocycles. The van der Waals surface area contributed by atoms with Crippen LogP contribution in [-0.4, -0.2) is 24.6 Å². The van der Waals surface area contributed by atoms with Crippen LogP contribution in [0.3, 0.4) is 0 Å². The number of anilines is 2. The van der Waals surface area contributed by atoms with Gasteiger partial charge in [0.15, 0.2) is 0 Å². The van der Waals surface area contributed by atoms with Crippen molar-refractivity contribution < 1.29 is 22.7 Å². The van der Waals surface area contributed by atoms with E-state index < -0.39 is 6.36 Å². The number of nitriles is 1. The van der Waals surface area contributed by atoms with Gasteiger partial charge in [0.25, 0.3) is 0 Å². The molecule has 0 saturated heterocycles. The molecule has 0 unspecified atom stereocenters. The Labute approximate surface area is 152 Å². The van der Waals surface area contributed by atoms with E-state index in [1.165, 1.54) is 23.9 Å². The monoisotopic (exact) mass is 381 g/mol. The number of ether oxygens (including phenoxy) is 1. The van der Waals surface area contributed by atoms with Crippen LogP contribution in [0.1, 0.15) is 0 Å². The molecule has 0 aromatic heterocycles. The lowest BCUT2D eigenvalue weighted by molar-refractivity contribution is -0.274. The quantitative estimate of drug-likeness (QED) is 0.702. The molecule has 0 aliphatic carbocycles. The van der Waals surface area contributed by atoms with E-state index >= 15 is 0 Å². The summed E-state index contributed by atoms with van der Waals surface area (Å²) in [6, 6.07) is 14.2. The van der Waals surface area contributed by atoms with Crippen LogP contribution in [0.25, 0.3) is 0 Å². The van der Waals surface area contributed by atoms with Crippen molar-refractivity contribution in [1.29, 1.82) is 5.26 Å². The van der Waals surface area contributed by atoms with E-state index in [2.05, 4.69) is 15.4 Å². The zero-order valence-electron chi connectivity index (χ0n) is 13.3. The van der Waals surface area contributed by atoms with Gasteiger partial charge in [0.05, 0.1) is 24.1 Å². The number of alkyl halides is 3. The number of carbonyl (C=O) groups is 1. The van der Waals surface area contributed by atoms with E-state index in [4.69, 9.17) is 5.26 Å². The van der Waals surface area contributed by atoms with Crippen molar-refractivity contribution in [1.82, 2.24) is 0 Å². The lowest BCUT2D eigenvalue weighted by atomic mass is 10.3. The number of carbonyl (C=O) groups excluding carboxylic acids is 1. The molecular formula is C17H14F3N3O2S. The predicted molar refractivity (Wildman–Crippen MR) is 93.0 cm³/mol. The van der Waals surface area contributed by atoms with Crippen LogP contribution in [0, 0.1) is 11.3 Å². The van der Waals surface area contributed by atoms with E-state index in [0.717, 1.165) is 17.0 Å². The first-order valence-corrected chi connectivity index (χ1v) is 8.34. The van der Waals surface area contributed by atoms with Crippen LogP contribution in [-0.2, 0) is 4.79 Å². The van der Waals surface area contributed by atoms with E-state index in [-0.39, 0.29) is 24.0 Å². The summed E-state index contributed by atoms with van der Waals surface area (Å²) in [5.74, 6) is -0.404. The molecule has 0 aliphatic rings. The lowest BCUT2D eigenvalue weighted by Gasteiger charge is -2.12. The van der Waals surface area contributed by atoms with Crippen LogP contribution in [0.5, 0.6) is 5.75 Å². The molecule has 0 radical (unpaired) electrons. The fraction of sp³-hybridized carbons (Fsp3) is 0.176. The van der Waals surface area contributed by atoms with E-state index in [1.54, 1.807) is 24.3 Å². The number of hydrogen-bond donors (Lipinski definition) is 2. The Balaban J connectivity index is 1.88. The molecule has 0 fully saturated rings. The molecule has 2 N–H and O–H groups in total. The molecule has 2 rings (SSSR count). The highest BCUT2D eigenvalue weighted by atomic mass is 32.2. The van der Waals surface area contributed by atoms with Gasteiger partial charge in [-0.1, -0.05) is 12.1 Å². The lowest BCUT2D eigenvalue weighted by Crippen LogP contribution is -2.22. The number of para-hydroxylation sites is 1. The Morgan fingerprint density at radius 2 is 1.85 bits per heavy atom. The Kier molecular flexibility index (Phi) is 6.74. The van der Waals surface area contributed by atoms with E-state index in [0.29, 0.717) is 11.4 Å². The largest absolute Gasteiger partial charge is 0.573 e. The number of halogens is 3. The molecule has 1 amide bonds. The highest BCUT2D eigenvalue weighted by Crippen LogP contribution is 2.27. The minimum Gasteiger partial charge on any atom is -0.406 e. The molecule has 0 saturated carbocycles. The number of hydrogen-bond acceptors (Lipinski definition) is 5. The summed E-state index contributed by atoms with van der Waals surface area (Å²) >= 11 is 1.31. The van der Waals surface area contributed by atoms with Gasteiger partial charge in [-0.3, -0.25) is 4.79 Å². The van der Waals surface area contributed by atoms with Crippen molar-refractivity contribution in [3.8, 4) is 11.8 Å². The van der Waals surface area contributed by atoms with Crippen LogP contribution >= 0.6 is 11.8 Å². The minimum atomic E-state index is -4.74. The van der Waals surface area contributed by atoms with Gasteiger partial charge in [-0.2, -0.15) is 5.26 Å². The van der Waals surface area contributed by atoms with Gasteiger partial charge in [-0.25, -0.2) is 0 Å². The highest BCUT2D eigenvalue weighted by molar-refractivity contribution is 7.99. The van der Waals surface area contributed by atoms with Crippen molar-refractivity contribution in [2.45, 2.75) is 11.3 Å². The van der Waals surface area contributed by atoms with Crippen molar-refractivity contribution in [3.63, 3.8) is 0 Å². The van der Waals surface area contributed by atoms with E-state index in [1.807, 2.05) is 6.07 Å². The average Bonchev–Trinajstić information content (AvgIpc) is 2.59. The second-order valence-corrected chi connectivity index (χ2v) is 5.93. The zero-order chi connectivity index (χ0) is 19.0. The smallest absolute Gasteiger partial charge is 0.406 e. The molecule has 0 atom stereocenters. The SMILES string of the molecule is N#CCSc1ccccc1NC(=O)CNc1ccc(OC(F)(F)F)cc1.